The summed E-state index contributed by atoms with van der Waals surface area (Å²) < 4.78 is 33.2. The van der Waals surface area contributed by atoms with Crippen LogP contribution in [0.1, 0.15) is 20.8 Å². The van der Waals surface area contributed by atoms with Gasteiger partial charge in [-0.25, -0.2) is 0 Å². The van der Waals surface area contributed by atoms with E-state index in [0.717, 1.165) is 0 Å². The lowest BCUT2D eigenvalue weighted by Crippen LogP contribution is -2.65. The molecule has 0 aromatic heterocycles. The third kappa shape index (κ3) is 4.95. The second-order valence-electron chi connectivity index (χ2n) is 8.50. The lowest BCUT2D eigenvalue weighted by molar-refractivity contribution is -0.387. The van der Waals surface area contributed by atoms with Gasteiger partial charge in [-0.1, -0.05) is 0 Å². The smallest absolute Gasteiger partial charge is 0.187 e. The van der Waals surface area contributed by atoms with Crippen molar-refractivity contribution in [2.45, 2.75) is 113 Å². The van der Waals surface area contributed by atoms with Crippen LogP contribution in [0.15, 0.2) is 0 Å². The van der Waals surface area contributed by atoms with E-state index in [1.165, 1.54) is 21.0 Å². The molecule has 0 aromatic rings. The zero-order valence-corrected chi connectivity index (χ0v) is 18.2. The summed E-state index contributed by atoms with van der Waals surface area (Å²) in [5.41, 5.74) is 0. The van der Waals surface area contributed by atoms with Gasteiger partial charge >= 0.3 is 0 Å². The van der Waals surface area contributed by atoms with Crippen LogP contribution in [-0.2, 0) is 28.4 Å². The fourth-order valence-corrected chi connectivity index (χ4v) is 4.03. The average Bonchev–Trinajstić information content (AvgIpc) is 2.76. The first-order valence-electron chi connectivity index (χ1n) is 10.5. The molecule has 188 valence electrons. The first-order chi connectivity index (χ1) is 15.0. The fraction of sp³-hybridized carbons (Fsp3) is 1.00. The average molecular weight is 470 g/mol. The predicted octanol–water partition coefficient (Wildman–Crippen LogP) is -3.84. The van der Waals surface area contributed by atoms with Crippen LogP contribution in [0.25, 0.3) is 0 Å². The lowest BCUT2D eigenvalue weighted by Gasteiger charge is -2.48. The highest BCUT2D eigenvalue weighted by atomic mass is 16.8. The minimum Gasteiger partial charge on any atom is -0.388 e. The summed E-state index contributed by atoms with van der Waals surface area (Å²) in [6, 6.07) is 0. The number of hydrogen-bond acceptors (Lipinski definition) is 13. The highest BCUT2D eigenvalue weighted by molar-refractivity contribution is 4.94. The molecule has 3 aliphatic rings. The Labute approximate surface area is 185 Å². The molecule has 13 heteroatoms. The topological polar surface area (TPSA) is 197 Å². The van der Waals surface area contributed by atoms with Crippen molar-refractivity contribution in [2.75, 3.05) is 7.11 Å². The van der Waals surface area contributed by atoms with Crippen LogP contribution in [0.3, 0.4) is 0 Å². The molecule has 0 amide bonds. The highest BCUT2D eigenvalue weighted by Gasteiger charge is 2.52. The number of rotatable bonds is 5. The van der Waals surface area contributed by atoms with Gasteiger partial charge in [0.05, 0.1) is 18.3 Å². The minimum absolute atomic E-state index is 0.749. The molecule has 3 aliphatic heterocycles. The summed E-state index contributed by atoms with van der Waals surface area (Å²) in [5.74, 6) is 0. The van der Waals surface area contributed by atoms with Crippen LogP contribution >= 0.6 is 0 Å². The summed E-state index contributed by atoms with van der Waals surface area (Å²) in [7, 11) is 1.31. The number of ether oxygens (including phenoxy) is 6. The largest absolute Gasteiger partial charge is 0.388 e. The van der Waals surface area contributed by atoms with Gasteiger partial charge in [0.25, 0.3) is 0 Å². The predicted molar refractivity (Wildman–Crippen MR) is 102 cm³/mol. The Hall–Kier alpha value is -0.520. The standard InChI is InChI=1S/C19H34O13/c1-5-8(20)11(23)14(26)17(28-5)31-16-13(25)10(22)7(3)30-19(16)32-15-12(24)9(21)6(2)29-18(15)27-4/h5-26H,1-4H3/t5-,6-,7-,8-,9-,10-,11+,12+,13+,14+,15+,16+,17-,18+,19-/m0/s1. The third-order valence-electron chi connectivity index (χ3n) is 6.19. The molecule has 0 radical (unpaired) electrons. The van der Waals surface area contributed by atoms with Gasteiger partial charge in [0.15, 0.2) is 18.9 Å². The summed E-state index contributed by atoms with van der Waals surface area (Å²) >= 11 is 0. The number of aliphatic hydroxyl groups excluding tert-OH is 7. The zero-order chi connectivity index (χ0) is 23.9. The molecule has 32 heavy (non-hydrogen) atoms. The molecule has 13 nitrogen and oxygen atoms in total. The van der Waals surface area contributed by atoms with E-state index in [1.54, 1.807) is 6.92 Å². The van der Waals surface area contributed by atoms with Gasteiger partial charge in [-0.05, 0) is 20.8 Å². The highest BCUT2D eigenvalue weighted by Crippen LogP contribution is 2.32. The SMILES string of the molecule is CO[C@@H]1O[C@@H](C)[C@H](O)[C@@H](O)[C@H]1O[C@@H]1O[C@@H](C)[C@H](O)[C@@H](O)[C@H]1O[C@@H]1O[C@@H](C)[C@H](O)[C@@H](O)[C@H]1O. The van der Waals surface area contributed by atoms with E-state index in [2.05, 4.69) is 0 Å². The van der Waals surface area contributed by atoms with Crippen molar-refractivity contribution in [1.82, 2.24) is 0 Å². The molecular weight excluding hydrogens is 436 g/mol. The molecule has 0 aliphatic carbocycles. The second-order valence-corrected chi connectivity index (χ2v) is 8.50. The number of methoxy groups -OCH3 is 1. The van der Waals surface area contributed by atoms with E-state index in [1.807, 2.05) is 0 Å². The first-order valence-corrected chi connectivity index (χ1v) is 10.5. The van der Waals surface area contributed by atoms with Crippen molar-refractivity contribution in [1.29, 1.82) is 0 Å². The van der Waals surface area contributed by atoms with Gasteiger partial charge in [-0.2, -0.15) is 0 Å². The maximum absolute atomic E-state index is 10.6. The molecule has 3 rings (SSSR count). The zero-order valence-electron chi connectivity index (χ0n) is 18.2. The van der Waals surface area contributed by atoms with Crippen LogP contribution in [0, 0.1) is 0 Å². The van der Waals surface area contributed by atoms with E-state index < -0.39 is 92.1 Å². The van der Waals surface area contributed by atoms with Crippen molar-refractivity contribution >= 4 is 0 Å². The fourth-order valence-electron chi connectivity index (χ4n) is 4.03. The maximum atomic E-state index is 10.6. The molecule has 3 saturated heterocycles. The van der Waals surface area contributed by atoms with Crippen molar-refractivity contribution in [3.05, 3.63) is 0 Å². The van der Waals surface area contributed by atoms with Gasteiger partial charge in [-0.15, -0.1) is 0 Å². The molecule has 0 saturated carbocycles. The molecule has 0 aromatic carbocycles. The Morgan fingerprint density at radius 2 is 0.844 bits per heavy atom. The Morgan fingerprint density at radius 3 is 1.34 bits per heavy atom. The Kier molecular flexibility index (Phi) is 8.48. The third-order valence-corrected chi connectivity index (χ3v) is 6.19. The van der Waals surface area contributed by atoms with Crippen LogP contribution in [0.5, 0.6) is 0 Å². The monoisotopic (exact) mass is 470 g/mol. The molecule has 0 unspecified atom stereocenters. The van der Waals surface area contributed by atoms with Crippen LogP contribution in [0.2, 0.25) is 0 Å². The van der Waals surface area contributed by atoms with Crippen LogP contribution < -0.4 is 0 Å². The quantitative estimate of drug-likeness (QED) is 0.206. The Morgan fingerprint density at radius 1 is 0.469 bits per heavy atom. The molecule has 3 fully saturated rings. The molecular formula is C19H34O13. The van der Waals surface area contributed by atoms with Gasteiger partial charge in [0.2, 0.25) is 0 Å². The number of hydrogen-bond donors (Lipinski definition) is 7. The van der Waals surface area contributed by atoms with Crippen LogP contribution in [0.4, 0.5) is 0 Å². The van der Waals surface area contributed by atoms with Crippen molar-refractivity contribution < 1.29 is 64.2 Å². The Bertz CT molecular complexity index is 608. The van der Waals surface area contributed by atoms with Crippen molar-refractivity contribution in [2.24, 2.45) is 0 Å². The first kappa shape index (κ1) is 26.1. The van der Waals surface area contributed by atoms with Gasteiger partial charge in [0.1, 0.15) is 54.9 Å². The van der Waals surface area contributed by atoms with Crippen LogP contribution in [-0.4, -0.2) is 135 Å². The van der Waals surface area contributed by atoms with Crippen molar-refractivity contribution in [3.63, 3.8) is 0 Å². The van der Waals surface area contributed by atoms with Gasteiger partial charge < -0.3 is 64.2 Å². The lowest BCUT2D eigenvalue weighted by atomic mass is 9.97. The molecule has 3 heterocycles. The summed E-state index contributed by atoms with van der Waals surface area (Å²) in [5, 5.41) is 71.7. The molecule has 0 bridgehead atoms. The second kappa shape index (κ2) is 10.4. The van der Waals surface area contributed by atoms with Crippen molar-refractivity contribution in [3.8, 4) is 0 Å². The molecule has 15 atom stereocenters. The van der Waals surface area contributed by atoms with E-state index in [-0.39, 0.29) is 0 Å². The van der Waals surface area contributed by atoms with E-state index >= 15 is 0 Å². The molecule has 7 N–H and O–H groups in total. The summed E-state index contributed by atoms with van der Waals surface area (Å²) in [4.78, 5) is 0. The summed E-state index contributed by atoms with van der Waals surface area (Å²) in [6.07, 6.45) is -19.7. The summed E-state index contributed by atoms with van der Waals surface area (Å²) in [6.45, 7) is 4.48. The van der Waals surface area contributed by atoms with Gasteiger partial charge in [-0.3, -0.25) is 0 Å². The minimum atomic E-state index is -1.68. The van der Waals surface area contributed by atoms with E-state index in [4.69, 9.17) is 28.4 Å². The van der Waals surface area contributed by atoms with E-state index in [0.29, 0.717) is 0 Å². The van der Waals surface area contributed by atoms with E-state index in [9.17, 15) is 35.7 Å². The Balaban J connectivity index is 1.81. The molecule has 0 spiro atoms. The number of aliphatic hydroxyl groups is 7. The van der Waals surface area contributed by atoms with Gasteiger partial charge in [0, 0.05) is 7.11 Å². The normalized spacial score (nSPS) is 55.0. The maximum Gasteiger partial charge on any atom is 0.187 e.